The van der Waals surface area contributed by atoms with E-state index in [0.717, 1.165) is 12.1 Å². The third kappa shape index (κ3) is 3.71. The summed E-state index contributed by atoms with van der Waals surface area (Å²) >= 11 is 0. The van der Waals surface area contributed by atoms with Crippen LogP contribution in [0, 0.1) is 6.92 Å². The van der Waals surface area contributed by atoms with Crippen molar-refractivity contribution in [2.45, 2.75) is 39.3 Å². The van der Waals surface area contributed by atoms with Crippen molar-refractivity contribution in [3.63, 3.8) is 0 Å². The molecular formula is C10H17N3O2. The number of nitrogens with one attached hydrogen (secondary N) is 1. The molecule has 0 saturated carbocycles. The maximum absolute atomic E-state index is 11.4. The number of carbonyl (C=O) groups is 1. The third-order valence-corrected chi connectivity index (χ3v) is 2.05. The second kappa shape index (κ2) is 5.50. The van der Waals surface area contributed by atoms with Crippen molar-refractivity contribution >= 4 is 5.91 Å². The Bertz CT molecular complexity index is 322. The van der Waals surface area contributed by atoms with Gasteiger partial charge in [-0.25, -0.2) is 0 Å². The van der Waals surface area contributed by atoms with Crippen LogP contribution in [0.1, 0.15) is 31.2 Å². The molecule has 1 amide bonds. The molecule has 0 unspecified atom stereocenters. The summed E-state index contributed by atoms with van der Waals surface area (Å²) in [7, 11) is 0. The van der Waals surface area contributed by atoms with E-state index in [0.29, 0.717) is 18.7 Å². The van der Waals surface area contributed by atoms with Crippen molar-refractivity contribution in [1.29, 1.82) is 0 Å². The molecule has 0 aromatic carbocycles. The molecule has 0 saturated heterocycles. The molecular weight excluding hydrogens is 194 g/mol. The van der Waals surface area contributed by atoms with Crippen LogP contribution in [0.4, 0.5) is 0 Å². The molecule has 0 aliphatic carbocycles. The molecule has 1 rings (SSSR count). The van der Waals surface area contributed by atoms with Crippen molar-refractivity contribution < 1.29 is 9.32 Å². The van der Waals surface area contributed by atoms with Gasteiger partial charge < -0.3 is 15.6 Å². The first kappa shape index (κ1) is 11.7. The van der Waals surface area contributed by atoms with Crippen molar-refractivity contribution in [3.8, 4) is 0 Å². The van der Waals surface area contributed by atoms with Crippen LogP contribution in [-0.4, -0.2) is 17.1 Å². The van der Waals surface area contributed by atoms with Gasteiger partial charge in [-0.05, 0) is 13.3 Å². The fourth-order valence-corrected chi connectivity index (χ4v) is 1.25. The van der Waals surface area contributed by atoms with E-state index in [2.05, 4.69) is 10.5 Å². The lowest BCUT2D eigenvalue weighted by Gasteiger charge is -2.09. The zero-order chi connectivity index (χ0) is 11.3. The zero-order valence-corrected chi connectivity index (χ0v) is 9.12. The van der Waals surface area contributed by atoms with Gasteiger partial charge >= 0.3 is 0 Å². The number of rotatable bonds is 5. The first-order chi connectivity index (χ1) is 7.13. The Hall–Kier alpha value is -1.36. The molecule has 1 aromatic heterocycles. The third-order valence-electron chi connectivity index (χ3n) is 2.05. The van der Waals surface area contributed by atoms with E-state index in [1.807, 2.05) is 13.8 Å². The first-order valence-corrected chi connectivity index (χ1v) is 5.09. The predicted octanol–water partition coefficient (Wildman–Crippen LogP) is 0.727. The molecule has 1 atom stereocenters. The van der Waals surface area contributed by atoms with Gasteiger partial charge in [-0.1, -0.05) is 18.5 Å². The number of carbonyl (C=O) groups excluding carboxylic acids is 1. The Kier molecular flexibility index (Phi) is 4.30. The van der Waals surface area contributed by atoms with Crippen LogP contribution in [0.25, 0.3) is 0 Å². The number of aryl methyl sites for hydroxylation is 1. The Labute approximate surface area is 89.0 Å². The molecule has 3 N–H and O–H groups in total. The van der Waals surface area contributed by atoms with Gasteiger partial charge in [0.05, 0.1) is 18.3 Å². The van der Waals surface area contributed by atoms with Gasteiger partial charge in [-0.15, -0.1) is 0 Å². The van der Waals surface area contributed by atoms with Gasteiger partial charge in [0, 0.05) is 6.07 Å². The monoisotopic (exact) mass is 211 g/mol. The predicted molar refractivity (Wildman–Crippen MR) is 56.0 cm³/mol. The van der Waals surface area contributed by atoms with E-state index in [9.17, 15) is 4.79 Å². The summed E-state index contributed by atoms with van der Waals surface area (Å²) in [5.41, 5.74) is 6.44. The van der Waals surface area contributed by atoms with Gasteiger partial charge in [-0.3, -0.25) is 4.79 Å². The zero-order valence-electron chi connectivity index (χ0n) is 9.12. The van der Waals surface area contributed by atoms with E-state index < -0.39 is 6.04 Å². The van der Waals surface area contributed by atoms with E-state index in [4.69, 9.17) is 10.3 Å². The largest absolute Gasteiger partial charge is 0.359 e. The van der Waals surface area contributed by atoms with Crippen molar-refractivity contribution in [2.24, 2.45) is 5.73 Å². The quantitative estimate of drug-likeness (QED) is 0.752. The summed E-state index contributed by atoms with van der Waals surface area (Å²) in [6.07, 6.45) is 1.59. The molecule has 0 aliphatic heterocycles. The lowest BCUT2D eigenvalue weighted by atomic mass is 10.2. The molecule has 1 aromatic rings. The van der Waals surface area contributed by atoms with Crippen molar-refractivity contribution in [1.82, 2.24) is 10.5 Å². The normalized spacial score (nSPS) is 12.5. The van der Waals surface area contributed by atoms with Crippen LogP contribution < -0.4 is 11.1 Å². The molecule has 0 bridgehead atoms. The fraction of sp³-hybridized carbons (Fsp3) is 0.600. The summed E-state index contributed by atoms with van der Waals surface area (Å²) in [5, 5.41) is 6.42. The van der Waals surface area contributed by atoms with Gasteiger partial charge in [-0.2, -0.15) is 0 Å². The van der Waals surface area contributed by atoms with Gasteiger partial charge in [0.25, 0.3) is 0 Å². The van der Waals surface area contributed by atoms with E-state index in [1.54, 1.807) is 6.07 Å². The minimum absolute atomic E-state index is 0.147. The molecule has 0 spiro atoms. The molecule has 0 fully saturated rings. The second-order valence-electron chi connectivity index (χ2n) is 3.55. The Balaban J connectivity index is 2.34. The van der Waals surface area contributed by atoms with Crippen LogP contribution in [0.3, 0.4) is 0 Å². The smallest absolute Gasteiger partial charge is 0.237 e. The average Bonchev–Trinajstić information content (AvgIpc) is 2.61. The summed E-state index contributed by atoms with van der Waals surface area (Å²) in [5.74, 6) is 0.496. The van der Waals surface area contributed by atoms with E-state index >= 15 is 0 Å². The highest BCUT2D eigenvalue weighted by molar-refractivity contribution is 5.81. The molecule has 1 heterocycles. The maximum atomic E-state index is 11.4. The number of nitrogens with zero attached hydrogens (tertiary/aromatic N) is 1. The summed E-state index contributed by atoms with van der Waals surface area (Å²) in [6, 6.07) is 1.35. The lowest BCUT2D eigenvalue weighted by molar-refractivity contribution is -0.122. The lowest BCUT2D eigenvalue weighted by Crippen LogP contribution is -2.39. The Morgan fingerprint density at radius 3 is 3.00 bits per heavy atom. The number of hydrogen-bond donors (Lipinski definition) is 2. The average molecular weight is 211 g/mol. The molecule has 84 valence electrons. The number of hydrogen-bond acceptors (Lipinski definition) is 4. The van der Waals surface area contributed by atoms with Gasteiger partial charge in [0.15, 0.2) is 5.76 Å². The Morgan fingerprint density at radius 2 is 2.47 bits per heavy atom. The SMILES string of the molecule is CCC[C@@H](N)C(=O)NCc1cc(C)no1. The van der Waals surface area contributed by atoms with Crippen LogP contribution in [0.15, 0.2) is 10.6 Å². The molecule has 0 radical (unpaired) electrons. The van der Waals surface area contributed by atoms with Crippen LogP contribution in [0.2, 0.25) is 0 Å². The molecule has 0 aliphatic rings. The topological polar surface area (TPSA) is 81.2 Å². The summed E-state index contributed by atoms with van der Waals surface area (Å²) in [4.78, 5) is 11.4. The molecule has 15 heavy (non-hydrogen) atoms. The first-order valence-electron chi connectivity index (χ1n) is 5.09. The summed E-state index contributed by atoms with van der Waals surface area (Å²) in [6.45, 7) is 4.17. The van der Waals surface area contributed by atoms with Crippen molar-refractivity contribution in [2.75, 3.05) is 0 Å². The number of aromatic nitrogens is 1. The molecule has 5 nitrogen and oxygen atoms in total. The molecule has 5 heteroatoms. The van der Waals surface area contributed by atoms with E-state index in [1.165, 1.54) is 0 Å². The van der Waals surface area contributed by atoms with Gasteiger partial charge in [0.1, 0.15) is 0 Å². The van der Waals surface area contributed by atoms with Crippen LogP contribution >= 0.6 is 0 Å². The Morgan fingerprint density at radius 1 is 1.73 bits per heavy atom. The van der Waals surface area contributed by atoms with Crippen LogP contribution in [-0.2, 0) is 11.3 Å². The highest BCUT2D eigenvalue weighted by Gasteiger charge is 2.12. The van der Waals surface area contributed by atoms with Crippen molar-refractivity contribution in [3.05, 3.63) is 17.5 Å². The minimum atomic E-state index is -0.431. The second-order valence-corrected chi connectivity index (χ2v) is 3.55. The standard InChI is InChI=1S/C10H17N3O2/c1-3-4-9(11)10(14)12-6-8-5-7(2)13-15-8/h5,9H,3-4,6,11H2,1-2H3,(H,12,14)/t9-/m1/s1. The highest BCUT2D eigenvalue weighted by atomic mass is 16.5. The van der Waals surface area contributed by atoms with E-state index in [-0.39, 0.29) is 5.91 Å². The summed E-state index contributed by atoms with van der Waals surface area (Å²) < 4.78 is 4.95. The fourth-order valence-electron chi connectivity index (χ4n) is 1.25. The highest BCUT2D eigenvalue weighted by Crippen LogP contribution is 2.01. The van der Waals surface area contributed by atoms with Crippen LogP contribution in [0.5, 0.6) is 0 Å². The number of amides is 1. The minimum Gasteiger partial charge on any atom is -0.359 e. The maximum Gasteiger partial charge on any atom is 0.237 e. The number of nitrogens with two attached hydrogens (primary N) is 1. The van der Waals surface area contributed by atoms with Gasteiger partial charge in [0.2, 0.25) is 5.91 Å².